The van der Waals surface area contributed by atoms with Gasteiger partial charge in [0.15, 0.2) is 0 Å². The summed E-state index contributed by atoms with van der Waals surface area (Å²) in [6, 6.07) is 0. The third kappa shape index (κ3) is 8.02. The quantitative estimate of drug-likeness (QED) is 0.433. The molecule has 0 aliphatic heterocycles. The Bertz CT molecular complexity index is 73.9. The second kappa shape index (κ2) is 9.01. The zero-order valence-corrected chi connectivity index (χ0v) is 8.82. The van der Waals surface area contributed by atoms with E-state index in [-0.39, 0.29) is 0 Å². The van der Waals surface area contributed by atoms with Crippen LogP contribution < -0.4 is 10.6 Å². The maximum Gasteiger partial charge on any atom is 0.0542 e. The van der Waals surface area contributed by atoms with Crippen molar-refractivity contribution in [1.29, 1.82) is 0 Å². The monoisotopic (exact) mass is 172 g/mol. The van der Waals surface area contributed by atoms with Crippen molar-refractivity contribution in [3.05, 3.63) is 0 Å². The fraction of sp³-hybridized carbons (Fsp3) is 1.00. The fourth-order valence-corrected chi connectivity index (χ4v) is 1.06. The van der Waals surface area contributed by atoms with Gasteiger partial charge in [-0.2, -0.15) is 0 Å². The highest BCUT2D eigenvalue weighted by molar-refractivity contribution is 4.57. The SMILES string of the molecule is CCCCNC(C)NCCCC. The topological polar surface area (TPSA) is 24.1 Å². The van der Waals surface area contributed by atoms with E-state index in [0.717, 1.165) is 13.1 Å². The smallest absolute Gasteiger partial charge is 0.0542 e. The molecule has 0 saturated heterocycles. The Morgan fingerprint density at radius 1 is 0.917 bits per heavy atom. The lowest BCUT2D eigenvalue weighted by atomic mass is 10.3. The van der Waals surface area contributed by atoms with Gasteiger partial charge >= 0.3 is 0 Å². The van der Waals surface area contributed by atoms with Gasteiger partial charge in [-0.3, -0.25) is 0 Å². The highest BCUT2D eigenvalue weighted by Gasteiger charge is 1.96. The van der Waals surface area contributed by atoms with Crippen LogP contribution in [0.3, 0.4) is 0 Å². The Labute approximate surface area is 77.1 Å². The highest BCUT2D eigenvalue weighted by Crippen LogP contribution is 1.86. The third-order valence-corrected chi connectivity index (χ3v) is 1.96. The van der Waals surface area contributed by atoms with Crippen molar-refractivity contribution in [2.45, 2.75) is 52.6 Å². The lowest BCUT2D eigenvalue weighted by Gasteiger charge is -2.14. The van der Waals surface area contributed by atoms with Gasteiger partial charge in [-0.25, -0.2) is 0 Å². The van der Waals surface area contributed by atoms with E-state index in [1.54, 1.807) is 0 Å². The number of hydrogen-bond acceptors (Lipinski definition) is 2. The van der Waals surface area contributed by atoms with Crippen molar-refractivity contribution in [1.82, 2.24) is 10.6 Å². The first kappa shape index (κ1) is 11.9. The van der Waals surface area contributed by atoms with Crippen molar-refractivity contribution < 1.29 is 0 Å². The van der Waals surface area contributed by atoms with Crippen LogP contribution in [-0.4, -0.2) is 19.3 Å². The predicted octanol–water partition coefficient (Wildman–Crippen LogP) is 2.11. The lowest BCUT2D eigenvalue weighted by molar-refractivity contribution is 0.444. The molecule has 0 unspecified atom stereocenters. The van der Waals surface area contributed by atoms with E-state index in [9.17, 15) is 0 Å². The Morgan fingerprint density at radius 2 is 1.33 bits per heavy atom. The van der Waals surface area contributed by atoms with Crippen LogP contribution in [0.25, 0.3) is 0 Å². The van der Waals surface area contributed by atoms with E-state index in [1.807, 2.05) is 0 Å². The molecule has 0 atom stereocenters. The maximum absolute atomic E-state index is 3.43. The van der Waals surface area contributed by atoms with Crippen molar-refractivity contribution in [2.24, 2.45) is 0 Å². The summed E-state index contributed by atoms with van der Waals surface area (Å²) in [6.07, 6.45) is 5.58. The van der Waals surface area contributed by atoms with Gasteiger partial charge in [0, 0.05) is 0 Å². The summed E-state index contributed by atoms with van der Waals surface area (Å²) in [5, 5.41) is 6.86. The average Bonchev–Trinajstić information content (AvgIpc) is 2.06. The molecular weight excluding hydrogens is 148 g/mol. The zero-order chi connectivity index (χ0) is 9.23. The van der Waals surface area contributed by atoms with Crippen LogP contribution >= 0.6 is 0 Å². The van der Waals surface area contributed by atoms with E-state index >= 15 is 0 Å². The fourth-order valence-electron chi connectivity index (χ4n) is 1.06. The molecule has 2 nitrogen and oxygen atoms in total. The van der Waals surface area contributed by atoms with Crippen LogP contribution in [0, 0.1) is 0 Å². The molecule has 0 aromatic rings. The molecule has 0 spiro atoms. The molecule has 0 aliphatic carbocycles. The van der Waals surface area contributed by atoms with Crippen molar-refractivity contribution >= 4 is 0 Å². The second-order valence-corrected chi connectivity index (χ2v) is 3.34. The summed E-state index contributed by atoms with van der Waals surface area (Å²) in [5.74, 6) is 0. The van der Waals surface area contributed by atoms with E-state index in [0.29, 0.717) is 6.17 Å². The second-order valence-electron chi connectivity index (χ2n) is 3.34. The molecule has 2 N–H and O–H groups in total. The molecule has 12 heavy (non-hydrogen) atoms. The summed E-state index contributed by atoms with van der Waals surface area (Å²) in [7, 11) is 0. The Balaban J connectivity index is 3.04. The van der Waals surface area contributed by atoms with Crippen LogP contribution in [0.2, 0.25) is 0 Å². The summed E-state index contributed by atoms with van der Waals surface area (Å²) < 4.78 is 0. The molecule has 0 rings (SSSR count). The van der Waals surface area contributed by atoms with Gasteiger partial charge in [-0.1, -0.05) is 26.7 Å². The lowest BCUT2D eigenvalue weighted by Crippen LogP contribution is -2.40. The van der Waals surface area contributed by atoms with Crippen LogP contribution in [0.1, 0.15) is 46.5 Å². The Kier molecular flexibility index (Phi) is 8.95. The van der Waals surface area contributed by atoms with Crippen LogP contribution in [-0.2, 0) is 0 Å². The standard InChI is InChI=1S/C10H24N2/c1-4-6-8-11-10(3)12-9-7-5-2/h10-12H,4-9H2,1-3H3. The van der Waals surface area contributed by atoms with Gasteiger partial charge in [0.1, 0.15) is 0 Å². The van der Waals surface area contributed by atoms with Crippen LogP contribution in [0.5, 0.6) is 0 Å². The van der Waals surface area contributed by atoms with Gasteiger partial charge < -0.3 is 10.6 Å². The maximum atomic E-state index is 3.43. The first-order chi connectivity index (χ1) is 5.81. The highest BCUT2D eigenvalue weighted by atomic mass is 15.1. The number of rotatable bonds is 8. The minimum Gasteiger partial charge on any atom is -0.302 e. The molecule has 0 aromatic heterocycles. The van der Waals surface area contributed by atoms with Crippen LogP contribution in [0.15, 0.2) is 0 Å². The van der Waals surface area contributed by atoms with E-state index < -0.39 is 0 Å². The average molecular weight is 172 g/mol. The minimum atomic E-state index is 0.475. The van der Waals surface area contributed by atoms with Gasteiger partial charge in [0.2, 0.25) is 0 Å². The summed E-state index contributed by atoms with van der Waals surface area (Å²) in [5.41, 5.74) is 0. The summed E-state index contributed by atoms with van der Waals surface area (Å²) >= 11 is 0. The molecule has 0 radical (unpaired) electrons. The Morgan fingerprint density at radius 3 is 1.67 bits per heavy atom. The Hall–Kier alpha value is -0.0800. The van der Waals surface area contributed by atoms with E-state index in [4.69, 9.17) is 0 Å². The molecule has 0 fully saturated rings. The number of nitrogens with one attached hydrogen (secondary N) is 2. The molecule has 0 aromatic carbocycles. The third-order valence-electron chi connectivity index (χ3n) is 1.96. The number of unbranched alkanes of at least 4 members (excludes halogenated alkanes) is 2. The van der Waals surface area contributed by atoms with Crippen molar-refractivity contribution in [3.8, 4) is 0 Å². The first-order valence-corrected chi connectivity index (χ1v) is 5.28. The molecule has 0 bridgehead atoms. The first-order valence-electron chi connectivity index (χ1n) is 5.28. The molecule has 0 amide bonds. The van der Waals surface area contributed by atoms with Crippen molar-refractivity contribution in [3.63, 3.8) is 0 Å². The normalized spacial score (nSPS) is 11.0. The van der Waals surface area contributed by atoms with Crippen molar-refractivity contribution in [2.75, 3.05) is 13.1 Å². The number of hydrogen-bond donors (Lipinski definition) is 2. The summed E-state index contributed by atoms with van der Waals surface area (Å²) in [4.78, 5) is 0. The van der Waals surface area contributed by atoms with Crippen LogP contribution in [0.4, 0.5) is 0 Å². The molecule has 0 aliphatic rings. The molecule has 0 heterocycles. The van der Waals surface area contributed by atoms with E-state index in [1.165, 1.54) is 25.7 Å². The zero-order valence-electron chi connectivity index (χ0n) is 8.82. The minimum absolute atomic E-state index is 0.475. The molecule has 2 heteroatoms. The molecule has 74 valence electrons. The van der Waals surface area contributed by atoms with Gasteiger partial charge in [-0.05, 0) is 32.9 Å². The van der Waals surface area contributed by atoms with E-state index in [2.05, 4.69) is 31.4 Å². The molecular formula is C10H24N2. The predicted molar refractivity (Wildman–Crippen MR) is 55.3 cm³/mol. The van der Waals surface area contributed by atoms with Gasteiger partial charge in [0.05, 0.1) is 6.17 Å². The van der Waals surface area contributed by atoms with Gasteiger partial charge in [0.25, 0.3) is 0 Å². The largest absolute Gasteiger partial charge is 0.302 e. The molecule has 0 saturated carbocycles. The van der Waals surface area contributed by atoms with Gasteiger partial charge in [-0.15, -0.1) is 0 Å². The summed E-state index contributed by atoms with van der Waals surface area (Å²) in [6.45, 7) is 8.90.